The van der Waals surface area contributed by atoms with Crippen molar-refractivity contribution < 1.29 is 13.5 Å². The highest BCUT2D eigenvalue weighted by atomic mass is 19.1. The number of benzene rings is 1. The van der Waals surface area contributed by atoms with E-state index in [4.69, 9.17) is 10.5 Å². The molecule has 138 valence electrons. The standard InChI is InChI=1S/C17H20F2N6O/c1-10-4-5-12(18)11(13(10)19)8-25-9-21-14-15(20)22-17(23-16(14)25)26-7-6-24(2)3/h4-5,9H,6-8H2,1-3H3,(H2,20,22,23). The van der Waals surface area contributed by atoms with Gasteiger partial charge in [0.25, 0.3) is 0 Å². The van der Waals surface area contributed by atoms with Crippen LogP contribution >= 0.6 is 0 Å². The van der Waals surface area contributed by atoms with Gasteiger partial charge in [0.15, 0.2) is 17.0 Å². The number of ether oxygens (including phenoxy) is 1. The number of nitrogens with two attached hydrogens (primary N) is 1. The van der Waals surface area contributed by atoms with Crippen LogP contribution in [-0.4, -0.2) is 51.7 Å². The molecule has 0 radical (unpaired) electrons. The molecule has 3 rings (SSSR count). The zero-order chi connectivity index (χ0) is 18.8. The van der Waals surface area contributed by atoms with Crippen molar-refractivity contribution in [1.29, 1.82) is 0 Å². The van der Waals surface area contributed by atoms with Gasteiger partial charge in [-0.2, -0.15) is 9.97 Å². The van der Waals surface area contributed by atoms with Crippen molar-refractivity contribution in [3.8, 4) is 6.01 Å². The maximum Gasteiger partial charge on any atom is 0.320 e. The van der Waals surface area contributed by atoms with Gasteiger partial charge in [-0.25, -0.2) is 13.8 Å². The van der Waals surface area contributed by atoms with Crippen LogP contribution < -0.4 is 10.5 Å². The number of imidazole rings is 1. The Hall–Kier alpha value is -2.81. The van der Waals surface area contributed by atoms with Gasteiger partial charge in [-0.1, -0.05) is 6.07 Å². The molecule has 9 heteroatoms. The Bertz CT molecular complexity index is 941. The molecule has 2 heterocycles. The smallest absolute Gasteiger partial charge is 0.320 e. The largest absolute Gasteiger partial charge is 0.462 e. The summed E-state index contributed by atoms with van der Waals surface area (Å²) in [4.78, 5) is 14.5. The first kappa shape index (κ1) is 18.0. The van der Waals surface area contributed by atoms with Crippen molar-refractivity contribution in [3.05, 3.63) is 41.2 Å². The van der Waals surface area contributed by atoms with Gasteiger partial charge >= 0.3 is 6.01 Å². The summed E-state index contributed by atoms with van der Waals surface area (Å²) >= 11 is 0. The summed E-state index contributed by atoms with van der Waals surface area (Å²) < 4.78 is 35.4. The van der Waals surface area contributed by atoms with E-state index >= 15 is 0 Å². The fourth-order valence-corrected chi connectivity index (χ4v) is 2.48. The Balaban J connectivity index is 1.95. The van der Waals surface area contributed by atoms with Crippen LogP contribution in [0.4, 0.5) is 14.6 Å². The first-order chi connectivity index (χ1) is 12.4. The third-order valence-corrected chi connectivity index (χ3v) is 3.95. The molecular formula is C17H20F2N6O. The monoisotopic (exact) mass is 362 g/mol. The summed E-state index contributed by atoms with van der Waals surface area (Å²) in [6, 6.07) is 2.74. The SMILES string of the molecule is Cc1ccc(F)c(Cn2cnc3c(N)nc(OCCN(C)C)nc32)c1F. The van der Waals surface area contributed by atoms with Crippen LogP contribution in [-0.2, 0) is 6.54 Å². The molecule has 3 aromatic rings. The van der Waals surface area contributed by atoms with Crippen LogP contribution in [0.3, 0.4) is 0 Å². The van der Waals surface area contributed by atoms with Gasteiger partial charge in [-0.3, -0.25) is 0 Å². The van der Waals surface area contributed by atoms with Crippen molar-refractivity contribution in [1.82, 2.24) is 24.4 Å². The lowest BCUT2D eigenvalue weighted by atomic mass is 10.1. The summed E-state index contributed by atoms with van der Waals surface area (Å²) in [6.07, 6.45) is 1.43. The molecule has 0 unspecified atom stereocenters. The Morgan fingerprint density at radius 2 is 2.00 bits per heavy atom. The van der Waals surface area contributed by atoms with Crippen LogP contribution in [0.2, 0.25) is 0 Å². The van der Waals surface area contributed by atoms with Crippen LogP contribution in [0, 0.1) is 18.6 Å². The minimum Gasteiger partial charge on any atom is -0.462 e. The number of rotatable bonds is 6. The summed E-state index contributed by atoms with van der Waals surface area (Å²) in [5.41, 5.74) is 6.94. The van der Waals surface area contributed by atoms with Crippen molar-refractivity contribution in [3.63, 3.8) is 0 Å². The van der Waals surface area contributed by atoms with Gasteiger partial charge in [0, 0.05) is 12.1 Å². The predicted octanol–water partition coefficient (Wildman–Crippen LogP) is 1.98. The molecule has 0 bridgehead atoms. The maximum absolute atomic E-state index is 14.3. The first-order valence-corrected chi connectivity index (χ1v) is 8.06. The van der Waals surface area contributed by atoms with E-state index in [0.29, 0.717) is 29.9 Å². The lowest BCUT2D eigenvalue weighted by Crippen LogP contribution is -2.20. The Morgan fingerprint density at radius 1 is 1.23 bits per heavy atom. The van der Waals surface area contributed by atoms with E-state index in [2.05, 4.69) is 15.0 Å². The minimum atomic E-state index is -0.626. The molecule has 7 nitrogen and oxygen atoms in total. The van der Waals surface area contributed by atoms with Crippen LogP contribution in [0.5, 0.6) is 6.01 Å². The number of nitrogens with zero attached hydrogens (tertiary/aromatic N) is 5. The number of nitrogen functional groups attached to an aromatic ring is 1. The molecule has 0 aliphatic carbocycles. The Labute approximate surface area is 149 Å². The second-order valence-electron chi connectivity index (χ2n) is 6.24. The topological polar surface area (TPSA) is 82.1 Å². The second-order valence-corrected chi connectivity index (χ2v) is 6.24. The molecule has 0 saturated heterocycles. The molecule has 0 aliphatic heterocycles. The van der Waals surface area contributed by atoms with E-state index in [1.54, 1.807) is 6.92 Å². The maximum atomic E-state index is 14.3. The number of anilines is 1. The van der Waals surface area contributed by atoms with E-state index in [-0.39, 0.29) is 23.9 Å². The number of hydrogen-bond acceptors (Lipinski definition) is 6. The average Bonchev–Trinajstić information content (AvgIpc) is 2.98. The third-order valence-electron chi connectivity index (χ3n) is 3.95. The summed E-state index contributed by atoms with van der Waals surface area (Å²) in [6.45, 7) is 2.58. The number of hydrogen-bond donors (Lipinski definition) is 1. The van der Waals surface area contributed by atoms with Gasteiger partial charge < -0.3 is 19.9 Å². The molecule has 1 aromatic carbocycles. The summed E-state index contributed by atoms with van der Waals surface area (Å²) in [5, 5.41) is 0. The van der Waals surface area contributed by atoms with Crippen LogP contribution in [0.25, 0.3) is 11.2 Å². The summed E-state index contributed by atoms with van der Waals surface area (Å²) in [5.74, 6) is -1.06. The molecule has 0 atom stereocenters. The van der Waals surface area contributed by atoms with Crippen LogP contribution in [0.1, 0.15) is 11.1 Å². The molecular weight excluding hydrogens is 342 g/mol. The molecule has 0 amide bonds. The zero-order valence-corrected chi connectivity index (χ0v) is 14.8. The number of fused-ring (bicyclic) bond motifs is 1. The van der Waals surface area contributed by atoms with E-state index < -0.39 is 11.6 Å². The third kappa shape index (κ3) is 3.57. The highest BCUT2D eigenvalue weighted by Crippen LogP contribution is 2.23. The van der Waals surface area contributed by atoms with Crippen molar-refractivity contribution >= 4 is 17.0 Å². The highest BCUT2D eigenvalue weighted by molar-refractivity contribution is 5.81. The van der Waals surface area contributed by atoms with Gasteiger partial charge in [0.05, 0.1) is 12.9 Å². The fraction of sp³-hybridized carbons (Fsp3) is 0.353. The number of aryl methyl sites for hydroxylation is 1. The molecule has 0 aliphatic rings. The normalized spacial score (nSPS) is 11.5. The summed E-state index contributed by atoms with van der Waals surface area (Å²) in [7, 11) is 3.84. The molecule has 0 saturated carbocycles. The first-order valence-electron chi connectivity index (χ1n) is 8.06. The van der Waals surface area contributed by atoms with Gasteiger partial charge in [0.2, 0.25) is 0 Å². The number of aromatic nitrogens is 4. The van der Waals surface area contributed by atoms with Crippen molar-refractivity contribution in [2.24, 2.45) is 0 Å². The second kappa shape index (κ2) is 7.20. The predicted molar refractivity (Wildman–Crippen MR) is 94.0 cm³/mol. The van der Waals surface area contributed by atoms with Gasteiger partial charge in [-0.15, -0.1) is 0 Å². The molecule has 0 fully saturated rings. The van der Waals surface area contributed by atoms with E-state index in [1.807, 2.05) is 19.0 Å². The van der Waals surface area contributed by atoms with Gasteiger partial charge in [0.1, 0.15) is 18.2 Å². The minimum absolute atomic E-state index is 0.0587. The highest BCUT2D eigenvalue weighted by Gasteiger charge is 2.16. The fourth-order valence-electron chi connectivity index (χ4n) is 2.48. The lowest BCUT2D eigenvalue weighted by molar-refractivity contribution is 0.246. The van der Waals surface area contributed by atoms with Crippen molar-refractivity contribution in [2.45, 2.75) is 13.5 Å². The molecule has 2 aromatic heterocycles. The van der Waals surface area contributed by atoms with E-state index in [1.165, 1.54) is 23.0 Å². The van der Waals surface area contributed by atoms with Crippen molar-refractivity contribution in [2.75, 3.05) is 33.0 Å². The number of halogens is 2. The zero-order valence-electron chi connectivity index (χ0n) is 14.8. The number of likely N-dealkylation sites (N-methyl/N-ethyl adjacent to an activating group) is 1. The molecule has 2 N–H and O–H groups in total. The Morgan fingerprint density at radius 3 is 2.73 bits per heavy atom. The van der Waals surface area contributed by atoms with E-state index in [9.17, 15) is 8.78 Å². The lowest BCUT2D eigenvalue weighted by Gasteiger charge is -2.11. The average molecular weight is 362 g/mol. The quantitative estimate of drug-likeness (QED) is 0.722. The molecule has 0 spiro atoms. The molecule has 26 heavy (non-hydrogen) atoms. The Kier molecular flexibility index (Phi) is 4.99. The van der Waals surface area contributed by atoms with Crippen LogP contribution in [0.15, 0.2) is 18.5 Å². The van der Waals surface area contributed by atoms with E-state index in [0.717, 1.165) is 0 Å². The van der Waals surface area contributed by atoms with Gasteiger partial charge in [-0.05, 0) is 32.6 Å².